The second-order valence-corrected chi connectivity index (χ2v) is 4.32. The van der Waals surface area contributed by atoms with E-state index in [0.717, 1.165) is 4.68 Å². The van der Waals surface area contributed by atoms with Crippen LogP contribution >= 0.6 is 11.6 Å². The van der Waals surface area contributed by atoms with Crippen LogP contribution < -0.4 is 5.56 Å². The summed E-state index contributed by atoms with van der Waals surface area (Å²) in [5.41, 5.74) is 0.0710. The minimum Gasteiger partial charge on any atom is -0.267 e. The lowest BCUT2D eigenvalue weighted by Gasteiger charge is -2.05. The zero-order valence-electron chi connectivity index (χ0n) is 9.55. The smallest absolute Gasteiger partial charge is 0.267 e. The molecule has 0 atom stereocenters. The molecule has 0 bridgehead atoms. The summed E-state index contributed by atoms with van der Waals surface area (Å²) in [6, 6.07) is 7.18. The third-order valence-electron chi connectivity index (χ3n) is 2.71. The van der Waals surface area contributed by atoms with Crippen molar-refractivity contribution in [2.24, 2.45) is 0 Å². The van der Waals surface area contributed by atoms with Crippen molar-refractivity contribution in [2.45, 2.75) is 0 Å². The third kappa shape index (κ3) is 2.08. The maximum atomic E-state index is 13.2. The minimum absolute atomic E-state index is 0.268. The molecule has 0 saturated carbocycles. The monoisotopic (exact) mass is 275 g/mol. The summed E-state index contributed by atoms with van der Waals surface area (Å²) < 4.78 is 14.4. The lowest BCUT2D eigenvalue weighted by molar-refractivity contribution is 0.629. The van der Waals surface area contributed by atoms with E-state index in [1.165, 1.54) is 30.6 Å². The van der Waals surface area contributed by atoms with Gasteiger partial charge in [-0.05, 0) is 30.3 Å². The standard InChI is InChI=1S/C13H7ClFN3O/c14-12-4-3-10(7-16-12)18-13(19)11-5-9(15)2-1-8(11)6-17-18/h1-7H. The summed E-state index contributed by atoms with van der Waals surface area (Å²) in [6.07, 6.45) is 2.94. The molecule has 0 unspecified atom stereocenters. The van der Waals surface area contributed by atoms with Crippen molar-refractivity contribution in [3.8, 4) is 5.69 Å². The Morgan fingerprint density at radius 3 is 2.74 bits per heavy atom. The molecule has 3 aromatic rings. The van der Waals surface area contributed by atoms with Crippen LogP contribution in [0.15, 0.2) is 47.5 Å². The Morgan fingerprint density at radius 2 is 2.00 bits per heavy atom. The molecule has 4 nitrogen and oxygen atoms in total. The van der Waals surface area contributed by atoms with Crippen LogP contribution in [-0.4, -0.2) is 14.8 Å². The first-order valence-electron chi connectivity index (χ1n) is 5.45. The molecule has 0 amide bonds. The highest BCUT2D eigenvalue weighted by atomic mass is 35.5. The highest BCUT2D eigenvalue weighted by molar-refractivity contribution is 6.29. The largest absolute Gasteiger partial charge is 0.279 e. The summed E-state index contributed by atoms with van der Waals surface area (Å²) >= 11 is 5.69. The Hall–Kier alpha value is -2.27. The normalized spacial score (nSPS) is 10.8. The van der Waals surface area contributed by atoms with Gasteiger partial charge in [0.2, 0.25) is 0 Å². The summed E-state index contributed by atoms with van der Waals surface area (Å²) in [6.45, 7) is 0. The molecular weight excluding hydrogens is 269 g/mol. The molecule has 0 fully saturated rings. The predicted octanol–water partition coefficient (Wildman–Crippen LogP) is 2.57. The van der Waals surface area contributed by atoms with Gasteiger partial charge in [0.15, 0.2) is 0 Å². The molecule has 0 aliphatic carbocycles. The van der Waals surface area contributed by atoms with Gasteiger partial charge in [0.05, 0.1) is 23.5 Å². The van der Waals surface area contributed by atoms with Crippen molar-refractivity contribution < 1.29 is 4.39 Å². The summed E-state index contributed by atoms with van der Waals surface area (Å²) in [5.74, 6) is -0.461. The van der Waals surface area contributed by atoms with Crippen molar-refractivity contribution >= 4 is 22.4 Å². The molecular formula is C13H7ClFN3O. The molecule has 2 heterocycles. The van der Waals surface area contributed by atoms with Crippen LogP contribution in [-0.2, 0) is 0 Å². The molecule has 0 N–H and O–H groups in total. The number of benzene rings is 1. The highest BCUT2D eigenvalue weighted by Crippen LogP contribution is 2.12. The zero-order chi connectivity index (χ0) is 13.4. The van der Waals surface area contributed by atoms with Gasteiger partial charge >= 0.3 is 0 Å². The molecule has 6 heteroatoms. The number of fused-ring (bicyclic) bond motifs is 1. The van der Waals surface area contributed by atoms with Gasteiger partial charge in [-0.1, -0.05) is 11.6 Å². The molecule has 0 radical (unpaired) electrons. The van der Waals surface area contributed by atoms with Crippen molar-refractivity contribution in [2.75, 3.05) is 0 Å². The first kappa shape index (κ1) is 11.8. The Kier molecular flexibility index (Phi) is 2.76. The Morgan fingerprint density at radius 1 is 1.16 bits per heavy atom. The van der Waals surface area contributed by atoms with Crippen molar-refractivity contribution in [1.29, 1.82) is 0 Å². The van der Waals surface area contributed by atoms with Gasteiger partial charge in [-0.3, -0.25) is 4.79 Å². The number of pyridine rings is 1. The average Bonchev–Trinajstić information content (AvgIpc) is 2.41. The van der Waals surface area contributed by atoms with Crippen LogP contribution in [0.1, 0.15) is 0 Å². The molecule has 0 aliphatic heterocycles. The fraction of sp³-hybridized carbons (Fsp3) is 0. The first-order valence-corrected chi connectivity index (χ1v) is 5.82. The van der Waals surface area contributed by atoms with Crippen LogP contribution in [0.4, 0.5) is 4.39 Å². The summed E-state index contributed by atoms with van der Waals surface area (Å²) in [4.78, 5) is 16.1. The van der Waals surface area contributed by atoms with Gasteiger partial charge in [-0.15, -0.1) is 0 Å². The van der Waals surface area contributed by atoms with Crippen LogP contribution in [0.5, 0.6) is 0 Å². The van der Waals surface area contributed by atoms with Gasteiger partial charge in [-0.25, -0.2) is 9.37 Å². The number of nitrogens with zero attached hydrogens (tertiary/aromatic N) is 3. The van der Waals surface area contributed by atoms with Crippen LogP contribution in [0.3, 0.4) is 0 Å². The van der Waals surface area contributed by atoms with E-state index in [4.69, 9.17) is 11.6 Å². The van der Waals surface area contributed by atoms with Gasteiger partial charge < -0.3 is 0 Å². The summed E-state index contributed by atoms with van der Waals surface area (Å²) in [7, 11) is 0. The number of halogens is 2. The topological polar surface area (TPSA) is 47.8 Å². The highest BCUT2D eigenvalue weighted by Gasteiger charge is 2.07. The maximum Gasteiger partial charge on any atom is 0.279 e. The molecule has 2 aromatic heterocycles. The van der Waals surface area contributed by atoms with Crippen molar-refractivity contribution in [3.05, 3.63) is 64.0 Å². The van der Waals surface area contributed by atoms with E-state index in [1.807, 2.05) is 0 Å². The van der Waals surface area contributed by atoms with E-state index in [0.29, 0.717) is 16.2 Å². The molecule has 0 aliphatic rings. The van der Waals surface area contributed by atoms with Crippen LogP contribution in [0, 0.1) is 5.82 Å². The Labute approximate surface area is 112 Å². The van der Waals surface area contributed by atoms with Gasteiger partial charge in [0.1, 0.15) is 11.0 Å². The van der Waals surface area contributed by atoms with E-state index in [-0.39, 0.29) is 5.39 Å². The molecule has 0 saturated heterocycles. The number of hydrogen-bond acceptors (Lipinski definition) is 3. The average molecular weight is 276 g/mol. The van der Waals surface area contributed by atoms with E-state index in [2.05, 4.69) is 10.1 Å². The molecule has 1 aromatic carbocycles. The van der Waals surface area contributed by atoms with E-state index >= 15 is 0 Å². The van der Waals surface area contributed by atoms with E-state index < -0.39 is 11.4 Å². The van der Waals surface area contributed by atoms with E-state index in [9.17, 15) is 9.18 Å². The number of rotatable bonds is 1. The Bertz CT molecular complexity index is 814. The maximum absolute atomic E-state index is 13.2. The zero-order valence-corrected chi connectivity index (χ0v) is 10.3. The second kappa shape index (κ2) is 4.44. The third-order valence-corrected chi connectivity index (χ3v) is 2.93. The van der Waals surface area contributed by atoms with Gasteiger partial charge in [0, 0.05) is 5.39 Å². The molecule has 19 heavy (non-hydrogen) atoms. The van der Waals surface area contributed by atoms with E-state index in [1.54, 1.807) is 12.1 Å². The SMILES string of the molecule is O=c1c2cc(F)ccc2cnn1-c1ccc(Cl)nc1. The van der Waals surface area contributed by atoms with Crippen LogP contribution in [0.25, 0.3) is 16.5 Å². The minimum atomic E-state index is -0.461. The lowest BCUT2D eigenvalue weighted by atomic mass is 10.2. The molecule has 0 spiro atoms. The first-order chi connectivity index (χ1) is 9.15. The second-order valence-electron chi connectivity index (χ2n) is 3.93. The molecule has 94 valence electrons. The Balaban J connectivity index is 2.28. The van der Waals surface area contributed by atoms with Gasteiger partial charge in [0.25, 0.3) is 5.56 Å². The predicted molar refractivity (Wildman–Crippen MR) is 70.1 cm³/mol. The lowest BCUT2D eigenvalue weighted by Crippen LogP contribution is -2.21. The van der Waals surface area contributed by atoms with Gasteiger partial charge in [-0.2, -0.15) is 9.78 Å². The summed E-state index contributed by atoms with van der Waals surface area (Å²) in [5, 5.41) is 5.21. The number of aromatic nitrogens is 3. The van der Waals surface area contributed by atoms with Crippen LogP contribution in [0.2, 0.25) is 5.15 Å². The van der Waals surface area contributed by atoms with Crippen molar-refractivity contribution in [1.82, 2.24) is 14.8 Å². The fourth-order valence-electron chi connectivity index (χ4n) is 1.79. The number of hydrogen-bond donors (Lipinski definition) is 0. The quantitative estimate of drug-likeness (QED) is 0.641. The fourth-order valence-corrected chi connectivity index (χ4v) is 1.90. The molecule has 3 rings (SSSR count). The van der Waals surface area contributed by atoms with Crippen molar-refractivity contribution in [3.63, 3.8) is 0 Å².